The summed E-state index contributed by atoms with van der Waals surface area (Å²) in [6.45, 7) is 5.71. The highest BCUT2D eigenvalue weighted by atomic mass is 35.5. The molecule has 1 aromatic heterocycles. The van der Waals surface area contributed by atoms with Crippen LogP contribution in [0.3, 0.4) is 0 Å². The van der Waals surface area contributed by atoms with Gasteiger partial charge in [-0.1, -0.05) is 0 Å². The summed E-state index contributed by atoms with van der Waals surface area (Å²) in [6, 6.07) is 2.46. The van der Waals surface area contributed by atoms with Crippen LogP contribution in [-0.4, -0.2) is 36.3 Å². The van der Waals surface area contributed by atoms with Gasteiger partial charge >= 0.3 is 0 Å². The average Bonchev–Trinajstić information content (AvgIpc) is 3.11. The monoisotopic (exact) mass is 269 g/mol. The molecule has 0 N–H and O–H groups in total. The minimum Gasteiger partial charge on any atom is -0.383 e. The van der Waals surface area contributed by atoms with Crippen LogP contribution >= 0.6 is 11.6 Å². The summed E-state index contributed by atoms with van der Waals surface area (Å²) in [5.41, 5.74) is 0.899. The number of ether oxygens (including phenoxy) is 1. The SMILES string of the molecule is COCCN(c1cc(C)nc(Cl)n1)C(C)C1CC1. The maximum Gasteiger partial charge on any atom is 0.224 e. The molecule has 1 atom stereocenters. The van der Waals surface area contributed by atoms with Crippen molar-refractivity contribution in [2.24, 2.45) is 5.92 Å². The van der Waals surface area contributed by atoms with E-state index in [-0.39, 0.29) is 0 Å². The van der Waals surface area contributed by atoms with Crippen LogP contribution in [0.5, 0.6) is 0 Å². The van der Waals surface area contributed by atoms with E-state index in [2.05, 4.69) is 21.8 Å². The van der Waals surface area contributed by atoms with Gasteiger partial charge in [-0.2, -0.15) is 0 Å². The van der Waals surface area contributed by atoms with Crippen molar-refractivity contribution in [2.75, 3.05) is 25.2 Å². The molecule has 0 bridgehead atoms. The van der Waals surface area contributed by atoms with Crippen LogP contribution in [0.1, 0.15) is 25.5 Å². The van der Waals surface area contributed by atoms with Gasteiger partial charge in [-0.05, 0) is 44.2 Å². The molecule has 0 saturated heterocycles. The molecule has 1 fully saturated rings. The van der Waals surface area contributed by atoms with Crippen LogP contribution < -0.4 is 4.90 Å². The summed E-state index contributed by atoms with van der Waals surface area (Å²) in [4.78, 5) is 10.7. The van der Waals surface area contributed by atoms with Crippen LogP contribution in [0.4, 0.5) is 5.82 Å². The Bertz CT molecular complexity index is 389. The van der Waals surface area contributed by atoms with Gasteiger partial charge in [0, 0.05) is 31.5 Å². The number of hydrogen-bond acceptors (Lipinski definition) is 4. The first-order valence-electron chi connectivity index (χ1n) is 6.38. The number of hydrogen-bond donors (Lipinski definition) is 0. The van der Waals surface area contributed by atoms with Crippen molar-refractivity contribution in [2.45, 2.75) is 32.7 Å². The van der Waals surface area contributed by atoms with E-state index in [0.29, 0.717) is 17.9 Å². The number of halogens is 1. The van der Waals surface area contributed by atoms with Gasteiger partial charge in [0.05, 0.1) is 6.61 Å². The van der Waals surface area contributed by atoms with Crippen molar-refractivity contribution in [3.05, 3.63) is 17.0 Å². The third-order valence-electron chi connectivity index (χ3n) is 3.44. The van der Waals surface area contributed by atoms with Gasteiger partial charge < -0.3 is 9.64 Å². The standard InChI is InChI=1S/C13H20ClN3O/c1-9-8-12(16-13(14)15-9)17(6-7-18-3)10(2)11-4-5-11/h8,10-11H,4-7H2,1-3H3. The second kappa shape index (κ2) is 5.85. The summed E-state index contributed by atoms with van der Waals surface area (Å²) in [6.07, 6.45) is 2.62. The molecule has 1 aliphatic carbocycles. The Balaban J connectivity index is 2.20. The number of aryl methyl sites for hydroxylation is 1. The maximum absolute atomic E-state index is 5.95. The molecular weight excluding hydrogens is 250 g/mol. The van der Waals surface area contributed by atoms with Gasteiger partial charge in [0.25, 0.3) is 0 Å². The van der Waals surface area contributed by atoms with E-state index in [1.165, 1.54) is 12.8 Å². The lowest BCUT2D eigenvalue weighted by Gasteiger charge is -2.30. The molecule has 0 spiro atoms. The maximum atomic E-state index is 5.95. The number of anilines is 1. The van der Waals surface area contributed by atoms with E-state index in [4.69, 9.17) is 16.3 Å². The zero-order valence-corrected chi connectivity index (χ0v) is 11.9. The number of nitrogens with zero attached hydrogens (tertiary/aromatic N) is 3. The molecular formula is C13H20ClN3O. The summed E-state index contributed by atoms with van der Waals surface area (Å²) in [5.74, 6) is 1.68. The van der Waals surface area contributed by atoms with Gasteiger partial charge in [0.1, 0.15) is 5.82 Å². The van der Waals surface area contributed by atoms with Gasteiger partial charge in [-0.3, -0.25) is 0 Å². The van der Waals surface area contributed by atoms with Crippen molar-refractivity contribution in [1.82, 2.24) is 9.97 Å². The van der Waals surface area contributed by atoms with E-state index in [1.54, 1.807) is 7.11 Å². The van der Waals surface area contributed by atoms with E-state index in [1.807, 2.05) is 13.0 Å². The number of rotatable bonds is 6. The lowest BCUT2D eigenvalue weighted by atomic mass is 10.2. The van der Waals surface area contributed by atoms with Crippen LogP contribution in [0.25, 0.3) is 0 Å². The Morgan fingerprint density at radius 2 is 2.22 bits per heavy atom. The highest BCUT2D eigenvalue weighted by Gasteiger charge is 2.32. The highest BCUT2D eigenvalue weighted by molar-refractivity contribution is 6.28. The molecule has 1 heterocycles. The Kier molecular flexibility index (Phi) is 4.40. The van der Waals surface area contributed by atoms with Gasteiger partial charge in [0.15, 0.2) is 0 Å². The molecule has 0 amide bonds. The molecule has 1 aliphatic rings. The van der Waals surface area contributed by atoms with Crippen molar-refractivity contribution < 1.29 is 4.74 Å². The van der Waals surface area contributed by atoms with E-state index >= 15 is 0 Å². The van der Waals surface area contributed by atoms with Gasteiger partial charge in [-0.25, -0.2) is 9.97 Å². The fraction of sp³-hybridized carbons (Fsp3) is 0.692. The predicted octanol–water partition coefficient (Wildman–Crippen LogP) is 2.69. The normalized spacial score (nSPS) is 16.7. The van der Waals surface area contributed by atoms with E-state index in [9.17, 15) is 0 Å². The van der Waals surface area contributed by atoms with Crippen LogP contribution in [0, 0.1) is 12.8 Å². The fourth-order valence-electron chi connectivity index (χ4n) is 2.21. The van der Waals surface area contributed by atoms with Crippen LogP contribution in [0.15, 0.2) is 6.07 Å². The topological polar surface area (TPSA) is 38.2 Å². The van der Waals surface area contributed by atoms with Crippen LogP contribution in [-0.2, 0) is 4.74 Å². The Morgan fingerprint density at radius 1 is 1.50 bits per heavy atom. The number of methoxy groups -OCH3 is 1. The summed E-state index contributed by atoms with van der Waals surface area (Å²) in [5, 5.41) is 0.315. The first kappa shape index (κ1) is 13.6. The fourth-order valence-corrected chi connectivity index (χ4v) is 2.43. The average molecular weight is 270 g/mol. The molecule has 100 valence electrons. The second-order valence-electron chi connectivity index (χ2n) is 4.90. The highest BCUT2D eigenvalue weighted by Crippen LogP contribution is 2.36. The molecule has 0 radical (unpaired) electrons. The smallest absolute Gasteiger partial charge is 0.224 e. The molecule has 0 aliphatic heterocycles. The zero-order valence-electron chi connectivity index (χ0n) is 11.2. The van der Waals surface area contributed by atoms with Crippen molar-refractivity contribution in [1.29, 1.82) is 0 Å². The van der Waals surface area contributed by atoms with E-state index in [0.717, 1.165) is 24.0 Å². The summed E-state index contributed by atoms with van der Waals surface area (Å²) >= 11 is 5.95. The molecule has 5 heteroatoms. The third kappa shape index (κ3) is 3.33. The molecule has 0 aromatic carbocycles. The van der Waals surface area contributed by atoms with Gasteiger partial charge in [-0.15, -0.1) is 0 Å². The summed E-state index contributed by atoms with van der Waals surface area (Å²) in [7, 11) is 1.72. The molecule has 4 nitrogen and oxygen atoms in total. The Labute approximate surface area is 113 Å². The zero-order chi connectivity index (χ0) is 13.1. The largest absolute Gasteiger partial charge is 0.383 e. The summed E-state index contributed by atoms with van der Waals surface area (Å²) < 4.78 is 5.19. The molecule has 1 unspecified atom stereocenters. The quantitative estimate of drug-likeness (QED) is 0.745. The molecule has 1 aromatic rings. The third-order valence-corrected chi connectivity index (χ3v) is 3.61. The molecule has 2 rings (SSSR count). The van der Waals surface area contributed by atoms with Crippen molar-refractivity contribution >= 4 is 17.4 Å². The van der Waals surface area contributed by atoms with Gasteiger partial charge in [0.2, 0.25) is 5.28 Å². The Morgan fingerprint density at radius 3 is 2.78 bits per heavy atom. The lowest BCUT2D eigenvalue weighted by molar-refractivity contribution is 0.202. The first-order chi connectivity index (χ1) is 8.61. The first-order valence-corrected chi connectivity index (χ1v) is 6.76. The van der Waals surface area contributed by atoms with Crippen molar-refractivity contribution in [3.8, 4) is 0 Å². The number of aromatic nitrogens is 2. The van der Waals surface area contributed by atoms with Crippen molar-refractivity contribution in [3.63, 3.8) is 0 Å². The minimum absolute atomic E-state index is 0.315. The second-order valence-corrected chi connectivity index (χ2v) is 5.24. The predicted molar refractivity (Wildman–Crippen MR) is 73.2 cm³/mol. The minimum atomic E-state index is 0.315. The molecule has 18 heavy (non-hydrogen) atoms. The van der Waals surface area contributed by atoms with E-state index < -0.39 is 0 Å². The molecule has 1 saturated carbocycles. The lowest BCUT2D eigenvalue weighted by Crippen LogP contribution is -2.38. The van der Waals surface area contributed by atoms with Crippen LogP contribution in [0.2, 0.25) is 5.28 Å². The Hall–Kier alpha value is -0.870.